The first-order valence-corrected chi connectivity index (χ1v) is 16.7. The zero-order valence-corrected chi connectivity index (χ0v) is 28.4. The fraction of sp³-hybridized carbons (Fsp3) is 0.441. The molecule has 47 heavy (non-hydrogen) atoms. The second-order valence-corrected chi connectivity index (χ2v) is 13.2. The molecule has 5 rings (SSSR count). The van der Waals surface area contributed by atoms with Crippen LogP contribution in [0.15, 0.2) is 53.3 Å². The number of amides is 3. The Bertz CT molecular complexity index is 1710. The van der Waals surface area contributed by atoms with Gasteiger partial charge in [-0.1, -0.05) is 94.1 Å². The molecule has 2 aromatic heterocycles. The molecule has 250 valence electrons. The van der Waals surface area contributed by atoms with Gasteiger partial charge in [0.25, 0.3) is 0 Å². The number of H-pyrrole nitrogens is 1. The number of alkyl carbamates (subject to hydrolysis) is 1. The van der Waals surface area contributed by atoms with Gasteiger partial charge in [0.15, 0.2) is 0 Å². The van der Waals surface area contributed by atoms with Gasteiger partial charge in [-0.25, -0.2) is 4.79 Å². The first-order valence-electron chi connectivity index (χ1n) is 15.9. The molecule has 0 bridgehead atoms. The van der Waals surface area contributed by atoms with E-state index in [1.54, 1.807) is 12.1 Å². The topological polar surface area (TPSA) is 151 Å². The van der Waals surface area contributed by atoms with Crippen molar-refractivity contribution in [2.45, 2.75) is 84.0 Å². The van der Waals surface area contributed by atoms with Gasteiger partial charge in [-0.15, -0.1) is 10.2 Å². The number of hydrogen-bond acceptors (Lipinski definition) is 7. The van der Waals surface area contributed by atoms with Crippen LogP contribution in [0.4, 0.5) is 4.79 Å². The second kappa shape index (κ2) is 14.8. The minimum atomic E-state index is -1.40. The van der Waals surface area contributed by atoms with Gasteiger partial charge in [-0.3, -0.25) is 9.59 Å². The molecular weight excluding hydrogens is 643 g/mol. The summed E-state index contributed by atoms with van der Waals surface area (Å²) < 4.78 is 11.0. The van der Waals surface area contributed by atoms with Crippen LogP contribution in [0.5, 0.6) is 0 Å². The molecule has 2 aromatic carbocycles. The lowest BCUT2D eigenvalue weighted by Crippen LogP contribution is -2.65. The van der Waals surface area contributed by atoms with E-state index in [-0.39, 0.29) is 37.2 Å². The molecule has 4 aromatic rings. The number of benzene rings is 2. The maximum absolute atomic E-state index is 14.5. The predicted octanol–water partition coefficient (Wildman–Crippen LogP) is 6.45. The minimum absolute atomic E-state index is 0.0501. The Morgan fingerprint density at radius 2 is 1.81 bits per heavy atom. The Labute approximate surface area is 283 Å². The fourth-order valence-corrected chi connectivity index (χ4v) is 6.56. The number of nitrogens with one attached hydrogen (secondary N) is 4. The zero-order valence-electron chi connectivity index (χ0n) is 26.9. The molecule has 1 aliphatic rings. The third kappa shape index (κ3) is 7.57. The van der Waals surface area contributed by atoms with Crippen molar-refractivity contribution >= 4 is 52.0 Å². The first kappa shape index (κ1) is 34.3. The Morgan fingerprint density at radius 3 is 2.49 bits per heavy atom. The number of ether oxygens (including phenoxy) is 1. The van der Waals surface area contributed by atoms with Crippen molar-refractivity contribution < 1.29 is 23.5 Å². The second-order valence-electron chi connectivity index (χ2n) is 12.3. The minimum Gasteiger partial charge on any atom is -0.445 e. The van der Waals surface area contributed by atoms with E-state index < -0.39 is 35.5 Å². The largest absolute Gasteiger partial charge is 0.445 e. The summed E-state index contributed by atoms with van der Waals surface area (Å²) in [4.78, 5) is 45.1. The van der Waals surface area contributed by atoms with Gasteiger partial charge in [-0.05, 0) is 47.9 Å². The van der Waals surface area contributed by atoms with Gasteiger partial charge in [-0.2, -0.15) is 0 Å². The van der Waals surface area contributed by atoms with E-state index in [2.05, 4.69) is 31.1 Å². The van der Waals surface area contributed by atoms with Gasteiger partial charge < -0.3 is 30.1 Å². The highest BCUT2D eigenvalue weighted by molar-refractivity contribution is 6.38. The van der Waals surface area contributed by atoms with Crippen molar-refractivity contribution in [2.24, 2.45) is 11.8 Å². The maximum atomic E-state index is 14.5. The van der Waals surface area contributed by atoms with Gasteiger partial charge in [0.2, 0.25) is 24.1 Å². The van der Waals surface area contributed by atoms with Crippen LogP contribution in [0, 0.1) is 11.8 Å². The Morgan fingerprint density at radius 1 is 1.06 bits per heavy atom. The average Bonchev–Trinajstić information content (AvgIpc) is 3.73. The summed E-state index contributed by atoms with van der Waals surface area (Å²) in [7, 11) is 0. The summed E-state index contributed by atoms with van der Waals surface area (Å²) in [5.74, 6) is -0.946. The molecule has 4 N–H and O–H groups in total. The summed E-state index contributed by atoms with van der Waals surface area (Å²) in [5, 5.41) is 18.5. The number of aromatic nitrogens is 3. The fourth-order valence-electron chi connectivity index (χ4n) is 6.02. The SMILES string of the molecule is CCC(C)C(NC(=O)OCc1ccccc1)C(=O)N[C@@]1(C(=O)N[C@H](c2nnco2)[C@@H](C)CC)CCc2[nH]c3c(Cl)cc(Cl)cc3c2C1. The Hall–Kier alpha value is -4.09. The third-order valence-corrected chi connectivity index (χ3v) is 9.74. The molecule has 3 amide bonds. The molecule has 2 unspecified atom stereocenters. The van der Waals surface area contributed by atoms with E-state index in [9.17, 15) is 14.4 Å². The maximum Gasteiger partial charge on any atom is 0.408 e. The molecule has 11 nitrogen and oxygen atoms in total. The number of aryl methyl sites for hydroxylation is 1. The molecule has 2 heterocycles. The van der Waals surface area contributed by atoms with E-state index in [1.807, 2.05) is 58.0 Å². The van der Waals surface area contributed by atoms with Crippen molar-refractivity contribution in [3.8, 4) is 0 Å². The summed E-state index contributed by atoms with van der Waals surface area (Å²) in [5.41, 5.74) is 1.88. The number of aromatic amines is 1. The van der Waals surface area contributed by atoms with E-state index in [4.69, 9.17) is 32.4 Å². The van der Waals surface area contributed by atoms with Crippen molar-refractivity contribution in [1.82, 2.24) is 31.1 Å². The number of fused-ring (bicyclic) bond motifs is 3. The molecule has 0 spiro atoms. The highest BCUT2D eigenvalue weighted by Crippen LogP contribution is 2.39. The highest BCUT2D eigenvalue weighted by atomic mass is 35.5. The summed E-state index contributed by atoms with van der Waals surface area (Å²) in [6.07, 6.45) is 2.68. The molecule has 0 aliphatic heterocycles. The average molecular weight is 684 g/mol. The molecular formula is C34H40Cl2N6O5. The smallest absolute Gasteiger partial charge is 0.408 e. The van der Waals surface area contributed by atoms with E-state index in [1.165, 1.54) is 6.39 Å². The number of halogens is 2. The molecule has 13 heteroatoms. The van der Waals surface area contributed by atoms with Crippen molar-refractivity contribution in [2.75, 3.05) is 0 Å². The molecule has 5 atom stereocenters. The lowest BCUT2D eigenvalue weighted by Gasteiger charge is -2.39. The Balaban J connectivity index is 1.47. The first-order chi connectivity index (χ1) is 22.5. The van der Waals surface area contributed by atoms with Crippen LogP contribution in [0.1, 0.15) is 75.7 Å². The molecule has 0 saturated carbocycles. The quantitative estimate of drug-likeness (QED) is 0.134. The Kier molecular flexibility index (Phi) is 10.8. The van der Waals surface area contributed by atoms with Gasteiger partial charge >= 0.3 is 6.09 Å². The van der Waals surface area contributed by atoms with Crippen LogP contribution < -0.4 is 16.0 Å². The predicted molar refractivity (Wildman–Crippen MR) is 179 cm³/mol. The standard InChI is InChI=1S/C34H40Cl2N6O5/c1-5-19(3)27(40-33(45)46-17-21-10-8-7-9-11-21)30(43)41-34(32(44)39-28(20(4)6-2)31-42-37-18-47-31)13-12-26-24(16-34)23-14-22(35)15-25(36)29(23)38-26/h7-11,14-15,18-20,27-28,38H,5-6,12-13,16-17H2,1-4H3,(H,39,44)(H,40,45)(H,41,43)/t19?,20-,27?,28-,34-/m0/s1. The zero-order chi connectivity index (χ0) is 33.7. The third-order valence-electron chi connectivity index (χ3n) is 9.22. The summed E-state index contributed by atoms with van der Waals surface area (Å²) >= 11 is 12.9. The number of rotatable bonds is 12. The monoisotopic (exact) mass is 682 g/mol. The van der Waals surface area contributed by atoms with E-state index in [0.717, 1.165) is 28.6 Å². The van der Waals surface area contributed by atoms with Crippen LogP contribution in [-0.4, -0.2) is 44.7 Å². The summed E-state index contributed by atoms with van der Waals surface area (Å²) in [6.45, 7) is 7.83. The molecule has 0 saturated heterocycles. The van der Waals surface area contributed by atoms with Crippen LogP contribution >= 0.6 is 23.2 Å². The van der Waals surface area contributed by atoms with Crippen LogP contribution in [0.25, 0.3) is 10.9 Å². The molecule has 0 fully saturated rings. The van der Waals surface area contributed by atoms with Gasteiger partial charge in [0, 0.05) is 22.5 Å². The van der Waals surface area contributed by atoms with E-state index in [0.29, 0.717) is 28.4 Å². The molecule has 0 radical (unpaired) electrons. The van der Waals surface area contributed by atoms with Crippen molar-refractivity contribution in [3.05, 3.63) is 81.6 Å². The van der Waals surface area contributed by atoms with Crippen LogP contribution in [0.3, 0.4) is 0 Å². The number of nitrogens with zero attached hydrogens (tertiary/aromatic N) is 2. The van der Waals surface area contributed by atoms with Crippen LogP contribution in [-0.2, 0) is 33.8 Å². The normalized spacial score (nSPS) is 18.4. The highest BCUT2D eigenvalue weighted by Gasteiger charge is 2.47. The summed E-state index contributed by atoms with van der Waals surface area (Å²) in [6, 6.07) is 11.2. The van der Waals surface area contributed by atoms with E-state index >= 15 is 0 Å². The molecule has 1 aliphatic carbocycles. The number of hydrogen-bond donors (Lipinski definition) is 4. The van der Waals surface area contributed by atoms with Crippen LogP contribution in [0.2, 0.25) is 10.0 Å². The van der Waals surface area contributed by atoms with Gasteiger partial charge in [0.1, 0.15) is 24.2 Å². The lowest BCUT2D eigenvalue weighted by atomic mass is 9.78. The lowest BCUT2D eigenvalue weighted by molar-refractivity contribution is -0.136. The van der Waals surface area contributed by atoms with Crippen molar-refractivity contribution in [1.29, 1.82) is 0 Å². The van der Waals surface area contributed by atoms with Gasteiger partial charge in [0.05, 0.1) is 10.5 Å². The number of carbonyl (C=O) groups is 3. The van der Waals surface area contributed by atoms with Crippen molar-refractivity contribution in [3.63, 3.8) is 0 Å². The number of carbonyl (C=O) groups excluding carboxylic acids is 3.